The van der Waals surface area contributed by atoms with Gasteiger partial charge in [-0.15, -0.1) is 0 Å². The number of unbranched alkanes of at least 4 members (excludes halogenated alkanes) is 1. The van der Waals surface area contributed by atoms with E-state index in [4.69, 9.17) is 0 Å². The van der Waals surface area contributed by atoms with Crippen molar-refractivity contribution in [3.8, 4) is 0 Å². The second kappa shape index (κ2) is 7.65. The lowest BCUT2D eigenvalue weighted by Crippen LogP contribution is -2.19. The smallest absolute Gasteiger partial charge is 0.390 e. The minimum atomic E-state index is -4.33. The van der Waals surface area contributed by atoms with Crippen LogP contribution in [0.25, 0.3) is 0 Å². The summed E-state index contributed by atoms with van der Waals surface area (Å²) in [6.07, 6.45) is -3.92. The van der Waals surface area contributed by atoms with Gasteiger partial charge >= 0.3 is 12.1 Å². The number of rotatable bonds is 7. The molecule has 0 aromatic heterocycles. The molecule has 0 aliphatic rings. The van der Waals surface area contributed by atoms with Gasteiger partial charge in [-0.3, -0.25) is 9.00 Å². The van der Waals surface area contributed by atoms with E-state index in [-0.39, 0.29) is 6.61 Å². The number of halogens is 3. The minimum Gasteiger partial charge on any atom is -0.465 e. The molecule has 0 fully saturated rings. The molecule has 3 nitrogen and oxygen atoms in total. The Kier molecular flexibility index (Phi) is 7.36. The maximum Gasteiger partial charge on any atom is 0.390 e. The van der Waals surface area contributed by atoms with E-state index < -0.39 is 40.9 Å². The zero-order valence-electron chi connectivity index (χ0n) is 9.01. The van der Waals surface area contributed by atoms with E-state index in [0.717, 1.165) is 6.42 Å². The molecule has 7 heteroatoms. The van der Waals surface area contributed by atoms with Crippen LogP contribution in [-0.4, -0.2) is 34.5 Å². The highest BCUT2D eigenvalue weighted by Gasteiger charge is 2.28. The molecular formula is C9H15F3O3S. The Labute approximate surface area is 94.8 Å². The fourth-order valence-corrected chi connectivity index (χ4v) is 1.75. The first-order valence-corrected chi connectivity index (χ1v) is 6.41. The Morgan fingerprint density at radius 1 is 1.38 bits per heavy atom. The number of carbonyl (C=O) groups excluding carboxylic acids is 1. The predicted molar refractivity (Wildman–Crippen MR) is 54.4 cm³/mol. The fraction of sp³-hybridized carbons (Fsp3) is 0.889. The van der Waals surface area contributed by atoms with Crippen molar-refractivity contribution in [2.24, 2.45) is 0 Å². The van der Waals surface area contributed by atoms with Crippen molar-refractivity contribution in [1.82, 2.24) is 0 Å². The lowest BCUT2D eigenvalue weighted by molar-refractivity contribution is -0.140. The van der Waals surface area contributed by atoms with E-state index in [1.54, 1.807) is 0 Å². The van der Waals surface area contributed by atoms with E-state index in [0.29, 0.717) is 6.42 Å². The molecule has 16 heavy (non-hydrogen) atoms. The Balaban J connectivity index is 3.67. The first-order valence-electron chi connectivity index (χ1n) is 4.92. The molecule has 1 atom stereocenters. The van der Waals surface area contributed by atoms with E-state index in [9.17, 15) is 22.2 Å². The molecule has 0 aromatic carbocycles. The van der Waals surface area contributed by atoms with Gasteiger partial charge in [0.15, 0.2) is 0 Å². The number of ether oxygens (including phenoxy) is 1. The molecule has 0 saturated heterocycles. The van der Waals surface area contributed by atoms with Crippen LogP contribution >= 0.6 is 0 Å². The fourth-order valence-electron chi connectivity index (χ4n) is 0.805. The summed E-state index contributed by atoms with van der Waals surface area (Å²) in [5.41, 5.74) is 0. The lowest BCUT2D eigenvalue weighted by Gasteiger charge is -2.06. The molecule has 0 rings (SSSR count). The number of alkyl halides is 3. The van der Waals surface area contributed by atoms with Crippen LogP contribution in [0.2, 0.25) is 0 Å². The van der Waals surface area contributed by atoms with Gasteiger partial charge < -0.3 is 4.74 Å². The maximum absolute atomic E-state index is 11.8. The van der Waals surface area contributed by atoms with Crippen molar-refractivity contribution < 1.29 is 26.9 Å². The lowest BCUT2D eigenvalue weighted by atomic mass is 10.4. The van der Waals surface area contributed by atoms with Crippen molar-refractivity contribution in [3.63, 3.8) is 0 Å². The summed E-state index contributed by atoms with van der Waals surface area (Å²) in [6.45, 7) is 2.14. The molecule has 0 aliphatic heterocycles. The van der Waals surface area contributed by atoms with Gasteiger partial charge in [0.05, 0.1) is 13.0 Å². The summed E-state index contributed by atoms with van der Waals surface area (Å²) >= 11 is 0. The highest BCUT2D eigenvalue weighted by molar-refractivity contribution is 7.85. The van der Waals surface area contributed by atoms with Crippen LogP contribution in [0, 0.1) is 0 Å². The van der Waals surface area contributed by atoms with Crippen LogP contribution in [0.5, 0.6) is 0 Å². The zero-order valence-corrected chi connectivity index (χ0v) is 9.83. The van der Waals surface area contributed by atoms with Crippen LogP contribution in [0.15, 0.2) is 0 Å². The summed E-state index contributed by atoms with van der Waals surface area (Å²) in [7, 11) is -1.80. The van der Waals surface area contributed by atoms with Crippen LogP contribution in [0.1, 0.15) is 26.2 Å². The van der Waals surface area contributed by atoms with Gasteiger partial charge in [-0.1, -0.05) is 13.3 Å². The van der Waals surface area contributed by atoms with E-state index in [2.05, 4.69) is 4.74 Å². The molecule has 0 spiro atoms. The third-order valence-electron chi connectivity index (χ3n) is 1.65. The van der Waals surface area contributed by atoms with Crippen molar-refractivity contribution in [2.45, 2.75) is 32.4 Å². The normalized spacial score (nSPS) is 13.5. The van der Waals surface area contributed by atoms with Gasteiger partial charge in [0.2, 0.25) is 0 Å². The van der Waals surface area contributed by atoms with E-state index >= 15 is 0 Å². The second-order valence-corrected chi connectivity index (χ2v) is 4.80. The topological polar surface area (TPSA) is 43.4 Å². The van der Waals surface area contributed by atoms with Crippen molar-refractivity contribution in [2.75, 3.05) is 18.1 Å². The first kappa shape index (κ1) is 15.4. The molecule has 0 N–H and O–H groups in total. The second-order valence-electron chi connectivity index (χ2n) is 3.23. The average Bonchev–Trinajstić information content (AvgIpc) is 2.14. The summed E-state index contributed by atoms with van der Waals surface area (Å²) in [5, 5.41) is 0. The Hall–Kier alpha value is -0.590. The van der Waals surface area contributed by atoms with Gasteiger partial charge in [0.25, 0.3) is 0 Å². The Morgan fingerprint density at radius 2 is 2.00 bits per heavy atom. The molecule has 0 bridgehead atoms. The van der Waals surface area contributed by atoms with Gasteiger partial charge in [-0.05, 0) is 6.42 Å². The van der Waals surface area contributed by atoms with Crippen LogP contribution in [-0.2, 0) is 20.3 Å². The van der Waals surface area contributed by atoms with Crippen molar-refractivity contribution >= 4 is 16.8 Å². The average molecular weight is 260 g/mol. The molecule has 0 heterocycles. The summed E-state index contributed by atoms with van der Waals surface area (Å²) < 4.78 is 51.0. The molecule has 0 aromatic rings. The van der Waals surface area contributed by atoms with Crippen LogP contribution in [0.4, 0.5) is 13.2 Å². The van der Waals surface area contributed by atoms with E-state index in [1.807, 2.05) is 6.92 Å². The van der Waals surface area contributed by atoms with Gasteiger partial charge in [-0.25, -0.2) is 0 Å². The quantitative estimate of drug-likeness (QED) is 0.519. The molecule has 0 saturated carbocycles. The third kappa shape index (κ3) is 9.95. The van der Waals surface area contributed by atoms with Crippen LogP contribution in [0.3, 0.4) is 0 Å². The number of esters is 1. The molecule has 96 valence electrons. The van der Waals surface area contributed by atoms with E-state index in [1.165, 1.54) is 0 Å². The largest absolute Gasteiger partial charge is 0.465 e. The molecular weight excluding hydrogens is 245 g/mol. The van der Waals surface area contributed by atoms with Crippen molar-refractivity contribution in [3.05, 3.63) is 0 Å². The molecule has 0 amide bonds. The summed E-state index contributed by atoms with van der Waals surface area (Å²) in [5.74, 6) is -1.71. The highest BCUT2D eigenvalue weighted by atomic mass is 32.2. The van der Waals surface area contributed by atoms with Crippen LogP contribution < -0.4 is 0 Å². The highest BCUT2D eigenvalue weighted by Crippen LogP contribution is 2.19. The Bertz CT molecular complexity index is 241. The third-order valence-corrected chi connectivity index (χ3v) is 2.87. The number of carbonyl (C=O) groups is 1. The minimum absolute atomic E-state index is 0.228. The maximum atomic E-state index is 11.8. The Morgan fingerprint density at radius 3 is 2.50 bits per heavy atom. The molecule has 0 radical (unpaired) electrons. The molecule has 0 aliphatic carbocycles. The van der Waals surface area contributed by atoms with Crippen molar-refractivity contribution in [1.29, 1.82) is 0 Å². The number of hydrogen-bond donors (Lipinski definition) is 0. The van der Waals surface area contributed by atoms with Gasteiger partial charge in [-0.2, -0.15) is 13.2 Å². The monoisotopic (exact) mass is 260 g/mol. The van der Waals surface area contributed by atoms with Gasteiger partial charge in [0, 0.05) is 16.6 Å². The summed E-state index contributed by atoms with van der Waals surface area (Å²) in [6, 6.07) is 0. The zero-order chi connectivity index (χ0) is 12.6. The predicted octanol–water partition coefficient (Wildman–Crippen LogP) is 2.03. The SMILES string of the molecule is CCCCOC(=O)CS(=O)CCC(F)(F)F. The summed E-state index contributed by atoms with van der Waals surface area (Å²) in [4.78, 5) is 11.0. The number of hydrogen-bond acceptors (Lipinski definition) is 3. The first-order chi connectivity index (χ1) is 7.35. The molecule has 1 unspecified atom stereocenters. The standard InChI is InChI=1S/C9H15F3O3S/c1-2-3-5-15-8(13)7-16(14)6-4-9(10,11)12/h2-7H2,1H3. The van der Waals surface area contributed by atoms with Gasteiger partial charge in [0.1, 0.15) is 5.75 Å².